The minimum absolute atomic E-state index is 0.0628. The SMILES string of the molecule is CN(Cc1ccccc1N1CCOCC1)C(=O)CCCOc1ccc(S(C)(=O)=O)cc1. The van der Waals surface area contributed by atoms with E-state index in [1.54, 1.807) is 17.0 Å². The largest absolute Gasteiger partial charge is 0.494 e. The molecule has 1 heterocycles. The van der Waals surface area contributed by atoms with Gasteiger partial charge >= 0.3 is 0 Å². The van der Waals surface area contributed by atoms with Crippen molar-refractivity contribution in [3.8, 4) is 5.75 Å². The summed E-state index contributed by atoms with van der Waals surface area (Å²) in [6, 6.07) is 14.5. The number of anilines is 1. The standard InChI is InChI=1S/C23H30N2O5S/c1-24(18-19-6-3-4-7-22(19)25-13-16-29-17-14-25)23(26)8-5-15-30-20-9-11-21(12-10-20)31(2,27)28/h3-4,6-7,9-12H,5,8,13-18H2,1-2H3. The van der Waals surface area contributed by atoms with Crippen molar-refractivity contribution in [2.75, 3.05) is 51.1 Å². The minimum Gasteiger partial charge on any atom is -0.494 e. The van der Waals surface area contributed by atoms with Gasteiger partial charge in [-0.2, -0.15) is 0 Å². The van der Waals surface area contributed by atoms with Gasteiger partial charge in [0.25, 0.3) is 0 Å². The Labute approximate surface area is 184 Å². The number of carbonyl (C=O) groups excluding carboxylic acids is 1. The average Bonchev–Trinajstić information content (AvgIpc) is 2.77. The third kappa shape index (κ3) is 6.70. The fraction of sp³-hybridized carbons (Fsp3) is 0.435. The molecule has 0 spiro atoms. The number of nitrogens with zero attached hydrogens (tertiary/aromatic N) is 2. The highest BCUT2D eigenvalue weighted by atomic mass is 32.2. The summed E-state index contributed by atoms with van der Waals surface area (Å²) in [6.07, 6.45) is 2.14. The highest BCUT2D eigenvalue weighted by molar-refractivity contribution is 7.90. The summed E-state index contributed by atoms with van der Waals surface area (Å²) >= 11 is 0. The van der Waals surface area contributed by atoms with Crippen molar-refractivity contribution in [2.45, 2.75) is 24.3 Å². The summed E-state index contributed by atoms with van der Waals surface area (Å²) in [5.74, 6) is 0.653. The van der Waals surface area contributed by atoms with Crippen molar-refractivity contribution in [2.24, 2.45) is 0 Å². The van der Waals surface area contributed by atoms with E-state index in [1.165, 1.54) is 18.4 Å². The minimum atomic E-state index is -3.22. The number of ether oxygens (including phenoxy) is 2. The van der Waals surface area contributed by atoms with E-state index >= 15 is 0 Å². The number of hydrogen-bond acceptors (Lipinski definition) is 6. The summed E-state index contributed by atoms with van der Waals surface area (Å²) in [7, 11) is -1.39. The molecule has 8 heteroatoms. The van der Waals surface area contributed by atoms with Crippen LogP contribution in [-0.4, -0.2) is 65.4 Å². The second-order valence-corrected chi connectivity index (χ2v) is 9.69. The lowest BCUT2D eigenvalue weighted by Gasteiger charge is -2.31. The van der Waals surface area contributed by atoms with Crippen molar-refractivity contribution in [1.82, 2.24) is 4.90 Å². The normalized spacial score (nSPS) is 14.3. The summed E-state index contributed by atoms with van der Waals surface area (Å²) < 4.78 is 34.1. The molecule has 7 nitrogen and oxygen atoms in total. The van der Waals surface area contributed by atoms with E-state index < -0.39 is 9.84 Å². The van der Waals surface area contributed by atoms with Crippen molar-refractivity contribution >= 4 is 21.4 Å². The molecule has 0 saturated carbocycles. The number of morpholine rings is 1. The Morgan fingerprint density at radius 2 is 1.77 bits per heavy atom. The molecule has 1 aliphatic heterocycles. The number of sulfone groups is 1. The van der Waals surface area contributed by atoms with E-state index in [9.17, 15) is 13.2 Å². The van der Waals surface area contributed by atoms with Crippen LogP contribution in [0.3, 0.4) is 0 Å². The van der Waals surface area contributed by atoms with Crippen molar-refractivity contribution in [1.29, 1.82) is 0 Å². The first-order valence-electron chi connectivity index (χ1n) is 10.4. The zero-order chi connectivity index (χ0) is 22.3. The molecule has 0 aromatic heterocycles. The van der Waals surface area contributed by atoms with Crippen LogP contribution in [0.2, 0.25) is 0 Å². The van der Waals surface area contributed by atoms with Crippen LogP contribution in [-0.2, 0) is 25.9 Å². The number of para-hydroxylation sites is 1. The molecule has 0 aliphatic carbocycles. The highest BCUT2D eigenvalue weighted by Gasteiger charge is 2.17. The van der Waals surface area contributed by atoms with E-state index in [4.69, 9.17) is 9.47 Å². The predicted molar refractivity (Wildman–Crippen MR) is 120 cm³/mol. The van der Waals surface area contributed by atoms with Gasteiger partial charge < -0.3 is 19.3 Å². The maximum absolute atomic E-state index is 12.6. The Hall–Kier alpha value is -2.58. The van der Waals surface area contributed by atoms with E-state index in [0.29, 0.717) is 31.7 Å². The number of rotatable bonds is 9. The maximum Gasteiger partial charge on any atom is 0.222 e. The van der Waals surface area contributed by atoms with E-state index in [-0.39, 0.29) is 10.8 Å². The topological polar surface area (TPSA) is 76.2 Å². The van der Waals surface area contributed by atoms with Crippen LogP contribution in [0, 0.1) is 0 Å². The van der Waals surface area contributed by atoms with Crippen LogP contribution in [0.4, 0.5) is 5.69 Å². The first kappa shape index (κ1) is 23.1. The monoisotopic (exact) mass is 446 g/mol. The Morgan fingerprint density at radius 1 is 1.10 bits per heavy atom. The van der Waals surface area contributed by atoms with Crippen molar-refractivity contribution in [3.63, 3.8) is 0 Å². The first-order chi connectivity index (χ1) is 14.8. The van der Waals surface area contributed by atoms with Crippen LogP contribution >= 0.6 is 0 Å². The van der Waals surface area contributed by atoms with Gasteiger partial charge in [-0.15, -0.1) is 0 Å². The Kier molecular flexibility index (Phi) is 7.92. The first-order valence-corrected chi connectivity index (χ1v) is 12.3. The molecule has 168 valence electrons. The van der Waals surface area contributed by atoms with E-state index in [1.807, 2.05) is 19.2 Å². The molecule has 1 saturated heterocycles. The molecule has 0 unspecified atom stereocenters. The number of carbonyl (C=O) groups is 1. The molecule has 3 rings (SSSR count). The smallest absolute Gasteiger partial charge is 0.222 e. The quantitative estimate of drug-likeness (QED) is 0.552. The molecule has 1 amide bonds. The van der Waals surface area contributed by atoms with Gasteiger partial charge in [0.2, 0.25) is 5.91 Å². The van der Waals surface area contributed by atoms with Gasteiger partial charge in [0.1, 0.15) is 5.75 Å². The number of amides is 1. The van der Waals surface area contributed by atoms with Crippen LogP contribution in [0.25, 0.3) is 0 Å². The predicted octanol–water partition coefficient (Wildman–Crippen LogP) is 2.74. The number of hydrogen-bond donors (Lipinski definition) is 0. The third-order valence-corrected chi connectivity index (χ3v) is 6.36. The molecular formula is C23H30N2O5S. The van der Waals surface area contributed by atoms with Gasteiger partial charge in [0.05, 0.1) is 24.7 Å². The molecule has 0 bridgehead atoms. The molecule has 1 aliphatic rings. The highest BCUT2D eigenvalue weighted by Crippen LogP contribution is 2.23. The van der Waals surface area contributed by atoms with Gasteiger partial charge in [0, 0.05) is 45.0 Å². The van der Waals surface area contributed by atoms with Gasteiger partial charge in [-0.3, -0.25) is 4.79 Å². The fourth-order valence-electron chi connectivity index (χ4n) is 3.49. The lowest BCUT2D eigenvalue weighted by atomic mass is 10.1. The van der Waals surface area contributed by atoms with Gasteiger partial charge in [-0.1, -0.05) is 18.2 Å². The summed E-state index contributed by atoms with van der Waals surface area (Å²) in [4.78, 5) is 16.9. The maximum atomic E-state index is 12.6. The molecule has 2 aromatic rings. The average molecular weight is 447 g/mol. The van der Waals surface area contributed by atoms with Crippen LogP contribution in [0.5, 0.6) is 5.75 Å². The van der Waals surface area contributed by atoms with Gasteiger partial charge in [0.15, 0.2) is 9.84 Å². The van der Waals surface area contributed by atoms with Gasteiger partial charge in [-0.05, 0) is 42.3 Å². The molecule has 31 heavy (non-hydrogen) atoms. The van der Waals surface area contributed by atoms with E-state index in [2.05, 4.69) is 17.0 Å². The summed E-state index contributed by atoms with van der Waals surface area (Å²) in [5, 5.41) is 0. The van der Waals surface area contributed by atoms with Crippen molar-refractivity contribution < 1.29 is 22.7 Å². The van der Waals surface area contributed by atoms with Crippen molar-refractivity contribution in [3.05, 3.63) is 54.1 Å². The molecule has 0 N–H and O–H groups in total. The van der Waals surface area contributed by atoms with Gasteiger partial charge in [-0.25, -0.2) is 8.42 Å². The Morgan fingerprint density at radius 3 is 2.45 bits per heavy atom. The molecule has 2 aromatic carbocycles. The molecular weight excluding hydrogens is 416 g/mol. The lowest BCUT2D eigenvalue weighted by Crippen LogP contribution is -2.37. The third-order valence-electron chi connectivity index (χ3n) is 5.23. The zero-order valence-corrected chi connectivity index (χ0v) is 18.9. The Bertz CT molecular complexity index is 970. The Balaban J connectivity index is 1.46. The lowest BCUT2D eigenvalue weighted by molar-refractivity contribution is -0.130. The summed E-state index contributed by atoms with van der Waals surface area (Å²) in [5.41, 5.74) is 2.29. The van der Waals surface area contributed by atoms with Crippen LogP contribution in [0.1, 0.15) is 18.4 Å². The summed E-state index contributed by atoms with van der Waals surface area (Å²) in [6.45, 7) is 4.11. The zero-order valence-electron chi connectivity index (χ0n) is 18.1. The second-order valence-electron chi connectivity index (χ2n) is 7.67. The van der Waals surface area contributed by atoms with Crippen LogP contribution in [0.15, 0.2) is 53.4 Å². The van der Waals surface area contributed by atoms with E-state index in [0.717, 1.165) is 37.6 Å². The molecule has 0 atom stereocenters. The second kappa shape index (κ2) is 10.6. The fourth-order valence-corrected chi connectivity index (χ4v) is 4.12. The van der Waals surface area contributed by atoms with Crippen LogP contribution < -0.4 is 9.64 Å². The molecule has 1 fully saturated rings. The molecule has 0 radical (unpaired) electrons. The number of benzene rings is 2.